The van der Waals surface area contributed by atoms with Gasteiger partial charge in [-0.25, -0.2) is 0 Å². The van der Waals surface area contributed by atoms with Crippen molar-refractivity contribution in [3.8, 4) is 6.07 Å². The van der Waals surface area contributed by atoms with Crippen molar-refractivity contribution < 1.29 is 0 Å². The highest BCUT2D eigenvalue weighted by molar-refractivity contribution is 5.49. The van der Waals surface area contributed by atoms with Crippen molar-refractivity contribution in [1.82, 2.24) is 0 Å². The summed E-state index contributed by atoms with van der Waals surface area (Å²) in [5.74, 6) is 0. The van der Waals surface area contributed by atoms with E-state index in [0.29, 0.717) is 0 Å². The summed E-state index contributed by atoms with van der Waals surface area (Å²) in [4.78, 5) is 2.04. The lowest BCUT2D eigenvalue weighted by Crippen LogP contribution is -2.15. The second kappa shape index (κ2) is 3.71. The number of rotatable bonds is 2. The molecule has 0 amide bonds. The van der Waals surface area contributed by atoms with Gasteiger partial charge in [0, 0.05) is 19.8 Å². The fourth-order valence-corrected chi connectivity index (χ4v) is 1.24. The summed E-state index contributed by atoms with van der Waals surface area (Å²) in [5.41, 5.74) is 1.78. The minimum absolute atomic E-state index is 0.411. The quantitative estimate of drug-likeness (QED) is 0.713. The van der Waals surface area contributed by atoms with E-state index >= 15 is 0 Å². The van der Waals surface area contributed by atoms with Crippen LogP contribution in [0.25, 0.3) is 0 Å². The van der Waals surface area contributed by atoms with Crippen LogP contribution < -0.4 is 4.90 Å². The van der Waals surface area contributed by atoms with Gasteiger partial charge in [-0.2, -0.15) is 5.26 Å². The summed E-state index contributed by atoms with van der Waals surface area (Å²) in [7, 11) is 4.00. The summed E-state index contributed by atoms with van der Waals surface area (Å²) >= 11 is 0. The molecule has 0 aliphatic heterocycles. The maximum Gasteiger partial charge on any atom is 0.0767 e. The minimum atomic E-state index is -0.411. The second-order valence-electron chi connectivity index (χ2n) is 4.18. The first-order valence-electron chi connectivity index (χ1n) is 4.66. The molecule has 0 aliphatic rings. The second-order valence-corrected chi connectivity index (χ2v) is 4.18. The topological polar surface area (TPSA) is 27.0 Å². The predicted molar refractivity (Wildman–Crippen MR) is 59.4 cm³/mol. The fourth-order valence-electron chi connectivity index (χ4n) is 1.24. The van der Waals surface area contributed by atoms with E-state index in [1.165, 1.54) is 0 Å². The molecule has 0 fully saturated rings. The van der Waals surface area contributed by atoms with Crippen LogP contribution in [0.2, 0.25) is 0 Å². The molecule has 1 rings (SSSR count). The number of nitrogens with zero attached hydrogens (tertiary/aromatic N) is 2. The SMILES string of the molecule is CN(C)c1cccc(C(C)(C)C#N)c1. The zero-order valence-corrected chi connectivity index (χ0v) is 9.20. The van der Waals surface area contributed by atoms with Gasteiger partial charge in [0.05, 0.1) is 11.5 Å². The average Bonchev–Trinajstić information content (AvgIpc) is 2.18. The molecule has 14 heavy (non-hydrogen) atoms. The molecule has 0 heterocycles. The van der Waals surface area contributed by atoms with Crippen molar-refractivity contribution in [2.75, 3.05) is 19.0 Å². The van der Waals surface area contributed by atoms with Crippen LogP contribution in [-0.2, 0) is 5.41 Å². The van der Waals surface area contributed by atoms with E-state index in [4.69, 9.17) is 5.26 Å². The standard InChI is InChI=1S/C12H16N2/c1-12(2,9-13)10-6-5-7-11(8-10)14(3)4/h5-8H,1-4H3. The molecule has 0 saturated heterocycles. The molecule has 1 aromatic carbocycles. The fraction of sp³-hybridized carbons (Fsp3) is 0.417. The largest absolute Gasteiger partial charge is 0.378 e. The average molecular weight is 188 g/mol. The van der Waals surface area contributed by atoms with E-state index in [1.54, 1.807) is 0 Å². The Balaban J connectivity index is 3.14. The Kier molecular flexibility index (Phi) is 2.81. The van der Waals surface area contributed by atoms with Gasteiger partial charge in [-0.3, -0.25) is 0 Å². The molecular weight excluding hydrogens is 172 g/mol. The lowest BCUT2D eigenvalue weighted by atomic mass is 9.86. The van der Waals surface area contributed by atoms with Crippen molar-refractivity contribution in [2.45, 2.75) is 19.3 Å². The summed E-state index contributed by atoms with van der Waals surface area (Å²) in [6.45, 7) is 3.86. The van der Waals surface area contributed by atoms with Gasteiger partial charge in [0.25, 0.3) is 0 Å². The Morgan fingerprint density at radius 2 is 1.93 bits per heavy atom. The number of hydrogen-bond donors (Lipinski definition) is 0. The van der Waals surface area contributed by atoms with Gasteiger partial charge < -0.3 is 4.90 Å². The van der Waals surface area contributed by atoms with E-state index in [0.717, 1.165) is 11.3 Å². The molecule has 0 bridgehead atoms. The van der Waals surface area contributed by atoms with Crippen LogP contribution in [-0.4, -0.2) is 14.1 Å². The van der Waals surface area contributed by atoms with E-state index in [9.17, 15) is 0 Å². The first kappa shape index (κ1) is 10.6. The Morgan fingerprint density at radius 1 is 1.29 bits per heavy atom. The summed E-state index contributed by atoms with van der Waals surface area (Å²) in [5, 5.41) is 9.01. The highest BCUT2D eigenvalue weighted by Crippen LogP contribution is 2.25. The van der Waals surface area contributed by atoms with Gasteiger partial charge in [0.1, 0.15) is 0 Å². The lowest BCUT2D eigenvalue weighted by molar-refractivity contribution is 0.687. The van der Waals surface area contributed by atoms with Crippen LogP contribution in [0.1, 0.15) is 19.4 Å². The van der Waals surface area contributed by atoms with Crippen molar-refractivity contribution in [3.63, 3.8) is 0 Å². The van der Waals surface area contributed by atoms with Gasteiger partial charge >= 0.3 is 0 Å². The predicted octanol–water partition coefficient (Wildman–Crippen LogP) is 2.55. The summed E-state index contributed by atoms with van der Waals surface area (Å²) in [6, 6.07) is 10.4. The number of hydrogen-bond acceptors (Lipinski definition) is 2. The Bertz CT molecular complexity index is 359. The molecule has 74 valence electrons. The molecule has 0 spiro atoms. The Morgan fingerprint density at radius 3 is 2.43 bits per heavy atom. The summed E-state index contributed by atoms with van der Waals surface area (Å²) in [6.07, 6.45) is 0. The molecule has 0 saturated carbocycles. The molecule has 2 nitrogen and oxygen atoms in total. The molecule has 0 radical (unpaired) electrons. The zero-order valence-electron chi connectivity index (χ0n) is 9.20. The third kappa shape index (κ3) is 2.05. The van der Waals surface area contributed by atoms with E-state index in [2.05, 4.69) is 12.1 Å². The van der Waals surface area contributed by atoms with Crippen molar-refractivity contribution in [1.29, 1.82) is 5.26 Å². The van der Waals surface area contributed by atoms with Crippen LogP contribution in [0, 0.1) is 11.3 Å². The first-order valence-corrected chi connectivity index (χ1v) is 4.66. The van der Waals surface area contributed by atoms with Crippen LogP contribution >= 0.6 is 0 Å². The number of nitriles is 1. The molecule has 0 N–H and O–H groups in total. The smallest absolute Gasteiger partial charge is 0.0767 e. The van der Waals surface area contributed by atoms with Gasteiger partial charge in [-0.1, -0.05) is 12.1 Å². The number of benzene rings is 1. The molecule has 0 aromatic heterocycles. The zero-order chi connectivity index (χ0) is 10.8. The molecule has 2 heteroatoms. The van der Waals surface area contributed by atoms with Crippen LogP contribution in [0.4, 0.5) is 5.69 Å². The van der Waals surface area contributed by atoms with Crippen molar-refractivity contribution in [3.05, 3.63) is 29.8 Å². The monoisotopic (exact) mass is 188 g/mol. The highest BCUT2D eigenvalue weighted by Gasteiger charge is 2.19. The number of anilines is 1. The molecular formula is C12H16N2. The third-order valence-corrected chi connectivity index (χ3v) is 2.36. The normalized spacial score (nSPS) is 10.8. The van der Waals surface area contributed by atoms with E-state index in [-0.39, 0.29) is 0 Å². The maximum atomic E-state index is 9.01. The third-order valence-electron chi connectivity index (χ3n) is 2.36. The highest BCUT2D eigenvalue weighted by atomic mass is 15.1. The van der Waals surface area contributed by atoms with Crippen LogP contribution in [0.3, 0.4) is 0 Å². The first-order chi connectivity index (χ1) is 6.47. The van der Waals surface area contributed by atoms with E-state index < -0.39 is 5.41 Å². The van der Waals surface area contributed by atoms with Gasteiger partial charge in [-0.15, -0.1) is 0 Å². The van der Waals surface area contributed by atoms with Crippen LogP contribution in [0.15, 0.2) is 24.3 Å². The lowest BCUT2D eigenvalue weighted by Gasteiger charge is -2.19. The summed E-state index contributed by atoms with van der Waals surface area (Å²) < 4.78 is 0. The van der Waals surface area contributed by atoms with E-state index in [1.807, 2.05) is 51.0 Å². The van der Waals surface area contributed by atoms with Crippen molar-refractivity contribution in [2.24, 2.45) is 0 Å². The van der Waals surface area contributed by atoms with Crippen LogP contribution in [0.5, 0.6) is 0 Å². The minimum Gasteiger partial charge on any atom is -0.378 e. The molecule has 1 aromatic rings. The Labute approximate surface area is 85.8 Å². The van der Waals surface area contributed by atoms with Gasteiger partial charge in [0.2, 0.25) is 0 Å². The van der Waals surface area contributed by atoms with Crippen molar-refractivity contribution >= 4 is 5.69 Å². The molecule has 0 unspecified atom stereocenters. The maximum absolute atomic E-state index is 9.01. The molecule has 0 atom stereocenters. The molecule has 0 aliphatic carbocycles. The Hall–Kier alpha value is -1.49. The van der Waals surface area contributed by atoms with Gasteiger partial charge in [0.15, 0.2) is 0 Å². The van der Waals surface area contributed by atoms with Gasteiger partial charge in [-0.05, 0) is 31.5 Å².